The predicted octanol–water partition coefficient (Wildman–Crippen LogP) is 3.28. The van der Waals surface area contributed by atoms with Crippen LogP contribution in [0.5, 0.6) is 0 Å². The van der Waals surface area contributed by atoms with Crippen LogP contribution >= 0.6 is 11.6 Å². The van der Waals surface area contributed by atoms with E-state index in [1.54, 1.807) is 26.1 Å². The third kappa shape index (κ3) is 4.87. The summed E-state index contributed by atoms with van der Waals surface area (Å²) >= 11 is 6.07. The summed E-state index contributed by atoms with van der Waals surface area (Å²) in [6, 6.07) is 11.7. The van der Waals surface area contributed by atoms with Gasteiger partial charge in [0.05, 0.1) is 5.56 Å². The monoisotopic (exact) mass is 491 g/mol. The Kier molecular flexibility index (Phi) is 6.42. The summed E-state index contributed by atoms with van der Waals surface area (Å²) in [5.41, 5.74) is 1.48. The Morgan fingerprint density at radius 3 is 2.52 bits per heavy atom. The highest BCUT2D eigenvalue weighted by Crippen LogP contribution is 2.25. The first-order valence-corrected chi connectivity index (χ1v) is 12.1. The number of rotatable bonds is 5. The van der Waals surface area contributed by atoms with Crippen LogP contribution in [-0.2, 0) is 17.1 Å². The number of carbonyl (C=O) groups is 1. The van der Waals surface area contributed by atoms with Gasteiger partial charge < -0.3 is 10.2 Å². The lowest BCUT2D eigenvalue weighted by molar-refractivity contribution is 0.102. The molecule has 1 fully saturated rings. The van der Waals surface area contributed by atoms with Gasteiger partial charge in [0.1, 0.15) is 5.82 Å². The second-order valence-electron chi connectivity index (χ2n) is 7.81. The summed E-state index contributed by atoms with van der Waals surface area (Å²) in [7, 11) is -2.48. The molecule has 1 aromatic heterocycles. The van der Waals surface area contributed by atoms with Crippen LogP contribution < -0.4 is 10.2 Å². The number of hydrogen-bond donors (Lipinski definition) is 1. The maximum absolute atomic E-state index is 13.8. The van der Waals surface area contributed by atoms with Gasteiger partial charge in [0.25, 0.3) is 15.9 Å². The van der Waals surface area contributed by atoms with Crippen molar-refractivity contribution >= 4 is 38.9 Å². The number of benzene rings is 2. The molecule has 174 valence electrons. The van der Waals surface area contributed by atoms with Gasteiger partial charge in [-0.3, -0.25) is 9.48 Å². The fourth-order valence-electron chi connectivity index (χ4n) is 3.67. The molecule has 4 rings (SSSR count). The lowest BCUT2D eigenvalue weighted by Crippen LogP contribution is -2.49. The first kappa shape index (κ1) is 23.2. The largest absolute Gasteiger partial charge is 0.369 e. The average Bonchev–Trinajstić information content (AvgIpc) is 3.19. The molecule has 11 heteroatoms. The topological polar surface area (TPSA) is 87.5 Å². The standard InChI is InChI=1S/C22H23ClFN5O3S/c1-15-6-7-17(13-20(15)24)25-21(30)19-14-27(2)26-22(19)33(31,32)29-10-8-28(9-11-29)18-5-3-4-16(23)12-18/h3-7,12-14H,8-11H2,1-2H3,(H,25,30). The fourth-order valence-corrected chi connectivity index (χ4v) is 5.39. The normalized spacial score (nSPS) is 15.0. The van der Waals surface area contributed by atoms with Gasteiger partial charge in [-0.05, 0) is 42.8 Å². The third-order valence-corrected chi connectivity index (χ3v) is 7.54. The molecule has 1 saturated heterocycles. The number of nitrogens with one attached hydrogen (secondary N) is 1. The van der Waals surface area contributed by atoms with Gasteiger partial charge in [0.15, 0.2) is 0 Å². The lowest BCUT2D eigenvalue weighted by atomic mass is 10.2. The average molecular weight is 492 g/mol. The zero-order chi connectivity index (χ0) is 23.8. The second kappa shape index (κ2) is 9.12. The van der Waals surface area contributed by atoms with Crippen molar-refractivity contribution in [3.05, 3.63) is 70.6 Å². The molecule has 0 spiro atoms. The van der Waals surface area contributed by atoms with Gasteiger partial charge >= 0.3 is 0 Å². The number of nitrogens with zero attached hydrogens (tertiary/aromatic N) is 4. The van der Waals surface area contributed by atoms with E-state index >= 15 is 0 Å². The van der Waals surface area contributed by atoms with Crippen LogP contribution in [0.25, 0.3) is 0 Å². The first-order valence-electron chi connectivity index (χ1n) is 10.3. The molecule has 1 N–H and O–H groups in total. The van der Waals surface area contributed by atoms with E-state index in [1.807, 2.05) is 18.2 Å². The van der Waals surface area contributed by atoms with Crippen molar-refractivity contribution in [2.45, 2.75) is 11.9 Å². The fraction of sp³-hybridized carbons (Fsp3) is 0.273. The van der Waals surface area contributed by atoms with Gasteiger partial charge in [-0.1, -0.05) is 23.7 Å². The molecule has 3 aromatic rings. The van der Waals surface area contributed by atoms with Crippen molar-refractivity contribution in [1.82, 2.24) is 14.1 Å². The lowest BCUT2D eigenvalue weighted by Gasteiger charge is -2.35. The van der Waals surface area contributed by atoms with Gasteiger partial charge in [-0.15, -0.1) is 0 Å². The van der Waals surface area contributed by atoms with Crippen LogP contribution in [0.15, 0.2) is 53.7 Å². The van der Waals surface area contributed by atoms with Gasteiger partial charge in [0, 0.05) is 55.8 Å². The highest BCUT2D eigenvalue weighted by atomic mass is 35.5. The second-order valence-corrected chi connectivity index (χ2v) is 10.1. The van der Waals surface area contributed by atoms with E-state index in [2.05, 4.69) is 15.3 Å². The number of aromatic nitrogens is 2. The molecular weight excluding hydrogens is 469 g/mol. The number of halogens is 2. The predicted molar refractivity (Wildman–Crippen MR) is 125 cm³/mol. The first-order chi connectivity index (χ1) is 15.6. The van der Waals surface area contributed by atoms with Crippen molar-refractivity contribution < 1.29 is 17.6 Å². The summed E-state index contributed by atoms with van der Waals surface area (Å²) in [5.74, 6) is -1.15. The minimum Gasteiger partial charge on any atom is -0.369 e. The van der Waals surface area contributed by atoms with E-state index in [4.69, 9.17) is 11.6 Å². The van der Waals surface area contributed by atoms with Crippen LogP contribution in [-0.4, -0.2) is 54.6 Å². The zero-order valence-corrected chi connectivity index (χ0v) is 19.7. The molecule has 0 bridgehead atoms. The van der Waals surface area contributed by atoms with Gasteiger partial charge in [-0.2, -0.15) is 9.40 Å². The summed E-state index contributed by atoms with van der Waals surface area (Å²) in [5, 5.41) is 6.90. The molecule has 0 radical (unpaired) electrons. The van der Waals surface area contributed by atoms with E-state index in [-0.39, 0.29) is 29.4 Å². The molecule has 1 amide bonds. The van der Waals surface area contributed by atoms with E-state index in [0.717, 1.165) is 5.69 Å². The molecule has 33 heavy (non-hydrogen) atoms. The number of sulfonamides is 1. The summed E-state index contributed by atoms with van der Waals surface area (Å²) < 4.78 is 43.1. The summed E-state index contributed by atoms with van der Waals surface area (Å²) in [4.78, 5) is 14.9. The molecule has 0 unspecified atom stereocenters. The van der Waals surface area contributed by atoms with Crippen LogP contribution in [0.3, 0.4) is 0 Å². The molecular formula is C22H23ClFN5O3S. The molecule has 1 aliphatic rings. The van der Waals surface area contributed by atoms with E-state index in [9.17, 15) is 17.6 Å². The number of aryl methyl sites for hydroxylation is 2. The maximum Gasteiger partial charge on any atom is 0.263 e. The van der Waals surface area contributed by atoms with E-state index < -0.39 is 21.7 Å². The maximum atomic E-state index is 13.8. The van der Waals surface area contributed by atoms with Crippen LogP contribution in [0.4, 0.5) is 15.8 Å². The van der Waals surface area contributed by atoms with E-state index in [0.29, 0.717) is 23.7 Å². The number of anilines is 2. The molecule has 0 aliphatic carbocycles. The number of amides is 1. The molecule has 8 nitrogen and oxygen atoms in total. The van der Waals surface area contributed by atoms with Crippen LogP contribution in [0, 0.1) is 12.7 Å². The minimum atomic E-state index is -4.02. The Bertz CT molecular complexity index is 1300. The number of carbonyl (C=O) groups excluding carboxylic acids is 1. The van der Waals surface area contributed by atoms with Crippen LogP contribution in [0.1, 0.15) is 15.9 Å². The third-order valence-electron chi connectivity index (χ3n) is 5.47. The molecule has 2 heterocycles. The highest BCUT2D eigenvalue weighted by molar-refractivity contribution is 7.89. The van der Waals surface area contributed by atoms with Gasteiger partial charge in [0.2, 0.25) is 5.03 Å². The Hall–Kier alpha value is -2.95. The smallest absolute Gasteiger partial charge is 0.263 e. The molecule has 0 atom stereocenters. The zero-order valence-electron chi connectivity index (χ0n) is 18.1. The van der Waals surface area contributed by atoms with Crippen molar-refractivity contribution in [3.8, 4) is 0 Å². The molecule has 0 saturated carbocycles. The summed E-state index contributed by atoms with van der Waals surface area (Å²) in [6.45, 7) is 3.01. The minimum absolute atomic E-state index is 0.101. The van der Waals surface area contributed by atoms with Crippen molar-refractivity contribution in [2.75, 3.05) is 36.4 Å². The Balaban J connectivity index is 1.53. The van der Waals surface area contributed by atoms with Crippen molar-refractivity contribution in [1.29, 1.82) is 0 Å². The van der Waals surface area contributed by atoms with Crippen LogP contribution in [0.2, 0.25) is 5.02 Å². The highest BCUT2D eigenvalue weighted by Gasteiger charge is 2.34. The SMILES string of the molecule is Cc1ccc(NC(=O)c2cn(C)nc2S(=O)(=O)N2CCN(c3cccc(Cl)c3)CC2)cc1F. The summed E-state index contributed by atoms with van der Waals surface area (Å²) in [6.07, 6.45) is 1.34. The quantitative estimate of drug-likeness (QED) is 0.591. The molecule has 2 aromatic carbocycles. The Morgan fingerprint density at radius 2 is 1.85 bits per heavy atom. The Labute approximate surface area is 196 Å². The number of hydrogen-bond acceptors (Lipinski definition) is 5. The van der Waals surface area contributed by atoms with Gasteiger partial charge in [-0.25, -0.2) is 12.8 Å². The van der Waals surface area contributed by atoms with Crippen molar-refractivity contribution in [3.63, 3.8) is 0 Å². The number of piperazine rings is 1. The Morgan fingerprint density at radius 1 is 1.12 bits per heavy atom. The van der Waals surface area contributed by atoms with Crippen molar-refractivity contribution in [2.24, 2.45) is 7.05 Å². The molecule has 1 aliphatic heterocycles. The van der Waals surface area contributed by atoms with E-state index in [1.165, 1.54) is 27.3 Å².